The molecular weight excluding hydrogens is 175 g/mol. The van der Waals surface area contributed by atoms with Gasteiger partial charge in [0.1, 0.15) is 0 Å². The molecule has 0 bridgehead atoms. The first-order valence-electron chi connectivity index (χ1n) is 0.667. The van der Waals surface area contributed by atoms with Crippen LogP contribution < -0.4 is 0 Å². The SMILES string of the molecule is S1S[Se]S1. The molecule has 24 valence electrons. The van der Waals surface area contributed by atoms with Crippen LogP contribution in [0.3, 0.4) is 0 Å². The van der Waals surface area contributed by atoms with E-state index >= 15 is 0 Å². The minimum atomic E-state index is 0.894. The van der Waals surface area contributed by atoms with Gasteiger partial charge in [0.15, 0.2) is 0 Å². The molecule has 0 radical (unpaired) electrons. The van der Waals surface area contributed by atoms with E-state index in [4.69, 9.17) is 0 Å². The molecule has 0 aliphatic carbocycles. The fourth-order valence-electron chi connectivity index (χ4n) is 0.0278. The molecule has 0 aromatic heterocycles. The summed E-state index contributed by atoms with van der Waals surface area (Å²) in [5, 5.41) is 0. The Balaban J connectivity index is 2.00. The van der Waals surface area contributed by atoms with E-state index in [1.54, 1.807) is 0 Å². The minimum absolute atomic E-state index is 0.894. The van der Waals surface area contributed by atoms with Gasteiger partial charge in [-0.1, -0.05) is 0 Å². The second kappa shape index (κ2) is 1.88. The van der Waals surface area contributed by atoms with E-state index in [-0.39, 0.29) is 0 Å². The molecule has 1 saturated heterocycles. The van der Waals surface area contributed by atoms with Crippen molar-refractivity contribution >= 4 is 41.0 Å². The van der Waals surface area contributed by atoms with Gasteiger partial charge in [-0.15, -0.1) is 0 Å². The Hall–Kier alpha value is 1.57. The van der Waals surface area contributed by atoms with Gasteiger partial charge in [-0.05, 0) is 0 Å². The molecule has 0 unspecified atom stereocenters. The van der Waals surface area contributed by atoms with Crippen molar-refractivity contribution in [2.24, 2.45) is 0 Å². The van der Waals surface area contributed by atoms with Gasteiger partial charge in [0.05, 0.1) is 0 Å². The summed E-state index contributed by atoms with van der Waals surface area (Å²) in [6.07, 6.45) is 0. The summed E-state index contributed by atoms with van der Waals surface area (Å²) in [6, 6.07) is 0. The van der Waals surface area contributed by atoms with Crippen LogP contribution in [0, 0.1) is 0 Å². The summed E-state index contributed by atoms with van der Waals surface area (Å²) in [6.45, 7) is 0. The average Bonchev–Trinajstić information content (AvgIpc) is 0.722. The van der Waals surface area contributed by atoms with E-state index in [0.29, 0.717) is 0 Å². The Kier molecular flexibility index (Phi) is 1.76. The van der Waals surface area contributed by atoms with Gasteiger partial charge in [-0.25, -0.2) is 0 Å². The van der Waals surface area contributed by atoms with Gasteiger partial charge in [0.25, 0.3) is 0 Å². The Morgan fingerprint density at radius 1 is 1.25 bits per heavy atom. The Morgan fingerprint density at radius 2 is 1.50 bits per heavy atom. The molecule has 0 atom stereocenters. The third kappa shape index (κ3) is 0.760. The molecule has 0 saturated carbocycles. The monoisotopic (exact) mass is 176 g/mol. The van der Waals surface area contributed by atoms with E-state index in [1.165, 1.54) is 0 Å². The van der Waals surface area contributed by atoms with Crippen molar-refractivity contribution in [1.82, 2.24) is 0 Å². The topological polar surface area (TPSA) is 0 Å². The Morgan fingerprint density at radius 3 is 1.50 bits per heavy atom. The van der Waals surface area contributed by atoms with Crippen molar-refractivity contribution in [2.75, 3.05) is 0 Å². The third-order valence-corrected chi connectivity index (χ3v) is 15.6. The van der Waals surface area contributed by atoms with E-state index in [9.17, 15) is 0 Å². The van der Waals surface area contributed by atoms with Crippen molar-refractivity contribution < 1.29 is 0 Å². The van der Waals surface area contributed by atoms with E-state index < -0.39 is 0 Å². The summed E-state index contributed by atoms with van der Waals surface area (Å²) < 4.78 is 0. The molecule has 1 aliphatic rings. The second-order valence-corrected chi connectivity index (χ2v) is 11.4. The van der Waals surface area contributed by atoms with Crippen molar-refractivity contribution in [3.8, 4) is 0 Å². The van der Waals surface area contributed by atoms with Crippen LogP contribution in [0.5, 0.6) is 0 Å². The van der Waals surface area contributed by atoms with Crippen LogP contribution in [0.15, 0.2) is 0 Å². The van der Waals surface area contributed by atoms with Crippen molar-refractivity contribution in [3.63, 3.8) is 0 Å². The van der Waals surface area contributed by atoms with Gasteiger partial charge < -0.3 is 0 Å². The maximum absolute atomic E-state index is 1.98. The van der Waals surface area contributed by atoms with Crippen LogP contribution >= 0.6 is 28.2 Å². The van der Waals surface area contributed by atoms with Crippen LogP contribution in [-0.2, 0) is 0 Å². The van der Waals surface area contributed by atoms with Gasteiger partial charge in [0, 0.05) is 0 Å². The van der Waals surface area contributed by atoms with Crippen molar-refractivity contribution in [3.05, 3.63) is 0 Å². The fraction of sp³-hybridized carbons (Fsp3) is 0. The molecule has 0 N–H and O–H groups in total. The molecule has 1 heterocycles. The summed E-state index contributed by atoms with van der Waals surface area (Å²) >= 11 is 0.894. The molecule has 1 rings (SSSR count). The summed E-state index contributed by atoms with van der Waals surface area (Å²) in [4.78, 5) is 0. The first-order valence-corrected chi connectivity index (χ1v) is 8.20. The summed E-state index contributed by atoms with van der Waals surface area (Å²) in [7, 11) is 5.86. The molecule has 1 fully saturated rings. The van der Waals surface area contributed by atoms with Gasteiger partial charge in [0.2, 0.25) is 0 Å². The molecular formula is S3Se. The molecule has 1 aliphatic heterocycles. The van der Waals surface area contributed by atoms with Crippen molar-refractivity contribution in [2.45, 2.75) is 0 Å². The molecule has 0 nitrogen and oxygen atoms in total. The number of hydrogen-bond donors (Lipinski definition) is 0. The van der Waals surface area contributed by atoms with E-state index in [0.717, 1.165) is 12.7 Å². The first kappa shape index (κ1) is 3.75. The van der Waals surface area contributed by atoms with Crippen LogP contribution in [0.25, 0.3) is 0 Å². The third-order valence-electron chi connectivity index (χ3n) is 0.111. The molecule has 0 amide bonds. The van der Waals surface area contributed by atoms with Crippen molar-refractivity contribution in [1.29, 1.82) is 0 Å². The predicted octanol–water partition coefficient (Wildman–Crippen LogP) is 1.56. The summed E-state index contributed by atoms with van der Waals surface area (Å²) in [5.41, 5.74) is 0. The zero-order valence-electron chi connectivity index (χ0n) is 1.63. The normalized spacial score (nSPS) is 24.0. The first-order chi connectivity index (χ1) is 2.00. The summed E-state index contributed by atoms with van der Waals surface area (Å²) in [5.74, 6) is 0. The Bertz CT molecular complexity index is 11.2. The molecule has 4 heavy (non-hydrogen) atoms. The van der Waals surface area contributed by atoms with E-state index in [2.05, 4.69) is 0 Å². The molecule has 0 spiro atoms. The Labute approximate surface area is 41.0 Å². The van der Waals surface area contributed by atoms with Crippen LogP contribution in [0.4, 0.5) is 0 Å². The molecule has 0 aromatic rings. The van der Waals surface area contributed by atoms with Gasteiger partial charge in [-0.2, -0.15) is 0 Å². The second-order valence-electron chi connectivity index (χ2n) is 0.272. The predicted molar refractivity (Wildman–Crippen MR) is 28.5 cm³/mol. The molecule has 0 aromatic carbocycles. The number of hydrogen-bond acceptors (Lipinski definition) is 3. The quantitative estimate of drug-likeness (QED) is 0.405. The van der Waals surface area contributed by atoms with Gasteiger partial charge >= 0.3 is 41.0 Å². The van der Waals surface area contributed by atoms with Gasteiger partial charge in [-0.3, -0.25) is 0 Å². The van der Waals surface area contributed by atoms with E-state index in [1.807, 2.05) is 28.2 Å². The zero-order chi connectivity index (χ0) is 2.83. The van der Waals surface area contributed by atoms with Crippen LogP contribution in [0.1, 0.15) is 0 Å². The maximum atomic E-state index is 1.98. The zero-order valence-corrected chi connectivity index (χ0v) is 5.80. The molecule has 4 heteroatoms. The average molecular weight is 175 g/mol. The fourth-order valence-corrected chi connectivity index (χ4v) is 3.90. The standard InChI is InChI=1S/S3Se/c1-2-4-3-1. The number of rotatable bonds is 0. The van der Waals surface area contributed by atoms with Crippen LogP contribution in [-0.4, -0.2) is 12.7 Å². The van der Waals surface area contributed by atoms with Crippen LogP contribution in [0.2, 0.25) is 0 Å².